The second kappa shape index (κ2) is 6.15. The van der Waals surface area contributed by atoms with Crippen LogP contribution in [0.5, 0.6) is 5.75 Å². The molecule has 0 bridgehead atoms. The van der Waals surface area contributed by atoms with Crippen molar-refractivity contribution < 1.29 is 27.5 Å². The number of thiophene rings is 1. The van der Waals surface area contributed by atoms with Crippen LogP contribution in [0.3, 0.4) is 0 Å². The Hall–Kier alpha value is -1.77. The molecule has 0 spiro atoms. The summed E-state index contributed by atoms with van der Waals surface area (Å²) in [6, 6.07) is 0.680. The molecule has 0 unspecified atom stereocenters. The number of carbonyl (C=O) groups excluding carboxylic acids is 2. The van der Waals surface area contributed by atoms with Crippen molar-refractivity contribution in [3.8, 4) is 5.75 Å². The van der Waals surface area contributed by atoms with Crippen LogP contribution in [0.1, 0.15) is 16.1 Å². The zero-order chi connectivity index (χ0) is 16.5. The third kappa shape index (κ3) is 3.52. The van der Waals surface area contributed by atoms with Crippen LogP contribution < -0.4 is 4.74 Å². The average Bonchev–Trinajstić information content (AvgIpc) is 3.04. The van der Waals surface area contributed by atoms with Gasteiger partial charge in [0.1, 0.15) is 18.3 Å². The lowest BCUT2D eigenvalue weighted by Gasteiger charge is -2.24. The Bertz CT molecular complexity index is 573. The third-order valence-electron chi connectivity index (χ3n) is 3.45. The molecule has 22 heavy (non-hydrogen) atoms. The van der Waals surface area contributed by atoms with E-state index in [2.05, 4.69) is 0 Å². The van der Waals surface area contributed by atoms with Gasteiger partial charge in [-0.15, -0.1) is 11.3 Å². The summed E-state index contributed by atoms with van der Waals surface area (Å²) in [6.07, 6.45) is -4.24. The van der Waals surface area contributed by atoms with Crippen molar-refractivity contribution in [2.24, 2.45) is 0 Å². The van der Waals surface area contributed by atoms with E-state index in [4.69, 9.17) is 4.74 Å². The maximum absolute atomic E-state index is 12.4. The Morgan fingerprint density at radius 1 is 1.55 bits per heavy atom. The third-order valence-corrected chi connectivity index (χ3v) is 4.35. The van der Waals surface area contributed by atoms with E-state index in [1.165, 1.54) is 25.1 Å². The van der Waals surface area contributed by atoms with E-state index < -0.39 is 30.6 Å². The zero-order valence-corrected chi connectivity index (χ0v) is 12.8. The predicted molar refractivity (Wildman–Crippen MR) is 74.0 cm³/mol. The summed E-state index contributed by atoms with van der Waals surface area (Å²) >= 11 is 1.16. The number of alkyl halides is 3. The molecule has 2 heterocycles. The van der Waals surface area contributed by atoms with Crippen LogP contribution in [0.25, 0.3) is 0 Å². The summed E-state index contributed by atoms with van der Waals surface area (Å²) in [6.45, 7) is -1.29. The highest BCUT2D eigenvalue weighted by atomic mass is 32.1. The van der Waals surface area contributed by atoms with Crippen LogP contribution in [0.15, 0.2) is 11.4 Å². The topological polar surface area (TPSA) is 49.9 Å². The molecule has 2 amide bonds. The number of carbonyl (C=O) groups is 2. The van der Waals surface area contributed by atoms with Gasteiger partial charge >= 0.3 is 6.18 Å². The maximum atomic E-state index is 12.4. The van der Waals surface area contributed by atoms with Crippen LogP contribution in [-0.4, -0.2) is 61.1 Å². The SMILES string of the molecule is COc1csc(C(=O)N(C)[C@H]2CCN(CC(F)(F)F)C2=O)c1. The summed E-state index contributed by atoms with van der Waals surface area (Å²) in [4.78, 5) is 26.6. The van der Waals surface area contributed by atoms with E-state index in [0.717, 1.165) is 16.2 Å². The molecular weight excluding hydrogens is 321 g/mol. The Morgan fingerprint density at radius 3 is 2.77 bits per heavy atom. The summed E-state index contributed by atoms with van der Waals surface area (Å²) in [5, 5.41) is 1.65. The molecule has 1 aromatic heterocycles. The van der Waals surface area contributed by atoms with Gasteiger partial charge in [-0.25, -0.2) is 0 Å². The van der Waals surface area contributed by atoms with Gasteiger partial charge in [-0.2, -0.15) is 13.2 Å². The molecule has 1 aliphatic rings. The second-order valence-electron chi connectivity index (χ2n) is 4.95. The van der Waals surface area contributed by atoms with Crippen LogP contribution in [-0.2, 0) is 4.79 Å². The van der Waals surface area contributed by atoms with Crippen molar-refractivity contribution in [1.29, 1.82) is 0 Å². The predicted octanol–water partition coefficient (Wildman–Crippen LogP) is 1.99. The van der Waals surface area contributed by atoms with Gasteiger partial charge in [0.25, 0.3) is 5.91 Å². The van der Waals surface area contributed by atoms with E-state index in [0.29, 0.717) is 10.6 Å². The summed E-state index contributed by atoms with van der Waals surface area (Å²) in [5.74, 6) is -0.546. The van der Waals surface area contributed by atoms with Gasteiger partial charge in [-0.3, -0.25) is 9.59 Å². The molecule has 1 atom stereocenters. The number of hydrogen-bond acceptors (Lipinski definition) is 4. The van der Waals surface area contributed by atoms with Gasteiger partial charge in [0.2, 0.25) is 5.91 Å². The number of likely N-dealkylation sites (tertiary alicyclic amines) is 1. The first-order valence-electron chi connectivity index (χ1n) is 6.48. The summed E-state index contributed by atoms with van der Waals surface area (Å²) in [7, 11) is 2.89. The highest BCUT2D eigenvalue weighted by Gasteiger charge is 2.42. The van der Waals surface area contributed by atoms with Crippen LogP contribution in [0.4, 0.5) is 13.2 Å². The Balaban J connectivity index is 2.05. The number of ether oxygens (including phenoxy) is 1. The molecule has 0 aliphatic carbocycles. The number of methoxy groups -OCH3 is 1. The van der Waals surface area contributed by atoms with Gasteiger partial charge in [-0.1, -0.05) is 0 Å². The average molecular weight is 336 g/mol. The molecule has 122 valence electrons. The van der Waals surface area contributed by atoms with Crippen molar-refractivity contribution in [1.82, 2.24) is 9.80 Å². The van der Waals surface area contributed by atoms with Crippen molar-refractivity contribution >= 4 is 23.2 Å². The molecule has 1 saturated heterocycles. The Labute approximate surface area is 129 Å². The van der Waals surface area contributed by atoms with Crippen LogP contribution >= 0.6 is 11.3 Å². The van der Waals surface area contributed by atoms with E-state index in [9.17, 15) is 22.8 Å². The summed E-state index contributed by atoms with van der Waals surface area (Å²) in [5.41, 5.74) is 0. The molecule has 9 heteroatoms. The van der Waals surface area contributed by atoms with Gasteiger partial charge in [0.05, 0.1) is 12.0 Å². The van der Waals surface area contributed by atoms with Gasteiger partial charge in [0, 0.05) is 25.0 Å². The minimum Gasteiger partial charge on any atom is -0.496 e. The number of likely N-dealkylation sites (N-methyl/N-ethyl adjacent to an activating group) is 1. The quantitative estimate of drug-likeness (QED) is 0.845. The first-order chi connectivity index (χ1) is 10.2. The highest BCUT2D eigenvalue weighted by molar-refractivity contribution is 7.12. The molecule has 0 saturated carbocycles. The molecule has 0 aromatic carbocycles. The van der Waals surface area contributed by atoms with Gasteiger partial charge in [0.15, 0.2) is 0 Å². The monoisotopic (exact) mass is 336 g/mol. The normalized spacial score (nSPS) is 18.7. The van der Waals surface area contributed by atoms with Crippen molar-refractivity contribution in [3.05, 3.63) is 16.3 Å². The standard InChI is InChI=1S/C13H15F3N2O3S/c1-17(12(20)10-5-8(21-2)6-22-10)9-3-4-18(11(9)19)7-13(14,15)16/h5-6,9H,3-4,7H2,1-2H3/t9-/m0/s1. The molecule has 0 radical (unpaired) electrons. The Kier molecular flexibility index (Phi) is 4.64. The fourth-order valence-corrected chi connectivity index (χ4v) is 3.14. The molecule has 1 aromatic rings. The van der Waals surface area contributed by atoms with E-state index in [-0.39, 0.29) is 13.0 Å². The minimum atomic E-state index is -4.44. The highest BCUT2D eigenvalue weighted by Crippen LogP contribution is 2.26. The summed E-state index contributed by atoms with van der Waals surface area (Å²) < 4.78 is 42.1. The minimum absolute atomic E-state index is 0.00556. The fraction of sp³-hybridized carbons (Fsp3) is 0.538. The van der Waals surface area contributed by atoms with Crippen LogP contribution in [0.2, 0.25) is 0 Å². The van der Waals surface area contributed by atoms with E-state index in [1.54, 1.807) is 5.38 Å². The van der Waals surface area contributed by atoms with Crippen LogP contribution in [0, 0.1) is 0 Å². The zero-order valence-electron chi connectivity index (χ0n) is 12.0. The van der Waals surface area contributed by atoms with E-state index >= 15 is 0 Å². The second-order valence-corrected chi connectivity index (χ2v) is 5.86. The number of halogens is 3. The van der Waals surface area contributed by atoms with Crippen molar-refractivity contribution in [2.45, 2.75) is 18.6 Å². The molecule has 0 N–H and O–H groups in total. The molecule has 2 rings (SSSR count). The first-order valence-corrected chi connectivity index (χ1v) is 7.36. The smallest absolute Gasteiger partial charge is 0.406 e. The fourth-order valence-electron chi connectivity index (χ4n) is 2.31. The maximum Gasteiger partial charge on any atom is 0.406 e. The number of rotatable bonds is 4. The molecule has 5 nitrogen and oxygen atoms in total. The van der Waals surface area contributed by atoms with E-state index in [1.807, 2.05) is 0 Å². The molecule has 1 aliphatic heterocycles. The van der Waals surface area contributed by atoms with Gasteiger partial charge in [-0.05, 0) is 6.42 Å². The lowest BCUT2D eigenvalue weighted by molar-refractivity contribution is -0.158. The number of nitrogens with zero attached hydrogens (tertiary/aromatic N) is 2. The van der Waals surface area contributed by atoms with Crippen molar-refractivity contribution in [3.63, 3.8) is 0 Å². The Morgan fingerprint density at radius 2 is 2.23 bits per heavy atom. The first kappa shape index (κ1) is 16.6. The number of hydrogen-bond donors (Lipinski definition) is 0. The lowest BCUT2D eigenvalue weighted by Crippen LogP contribution is -2.44. The number of amides is 2. The molecular formula is C13H15F3N2O3S. The van der Waals surface area contributed by atoms with Crippen molar-refractivity contribution in [2.75, 3.05) is 27.2 Å². The van der Waals surface area contributed by atoms with Gasteiger partial charge < -0.3 is 14.5 Å². The molecule has 1 fully saturated rings. The largest absolute Gasteiger partial charge is 0.496 e. The lowest BCUT2D eigenvalue weighted by atomic mass is 10.2.